The summed E-state index contributed by atoms with van der Waals surface area (Å²) in [6.45, 7) is 7.67. The van der Waals surface area contributed by atoms with Gasteiger partial charge in [0.05, 0.1) is 10.4 Å². The summed E-state index contributed by atoms with van der Waals surface area (Å²) in [6, 6.07) is 0.0573. The monoisotopic (exact) mass is 450 g/mol. The molecule has 0 spiro atoms. The van der Waals surface area contributed by atoms with Crippen LogP contribution >= 0.6 is 11.5 Å². The van der Waals surface area contributed by atoms with E-state index in [1.165, 1.54) is 17.9 Å². The van der Waals surface area contributed by atoms with E-state index < -0.39 is 0 Å². The molecule has 0 aromatic carbocycles. The lowest BCUT2D eigenvalue weighted by molar-refractivity contribution is 0.0785. The molecule has 11 nitrogen and oxygen atoms in total. The number of likely N-dealkylation sites (tertiary alicyclic amines) is 1. The number of carbonyl (C=O) groups is 1. The normalized spacial score (nSPS) is 16.1. The molecular weight excluding hydrogens is 428 g/mol. The van der Waals surface area contributed by atoms with Crippen molar-refractivity contribution in [3.63, 3.8) is 0 Å². The van der Waals surface area contributed by atoms with E-state index in [0.29, 0.717) is 42.5 Å². The number of nitrogens with one attached hydrogen (secondary N) is 1. The molecule has 5 rings (SSSR count). The molecule has 1 aliphatic heterocycles. The number of anilines is 1. The van der Waals surface area contributed by atoms with E-state index in [9.17, 15) is 4.79 Å². The molecule has 0 radical (unpaired) electrons. The Labute approximate surface area is 188 Å². The van der Waals surface area contributed by atoms with E-state index in [0.717, 1.165) is 28.3 Å². The highest BCUT2D eigenvalue weighted by Crippen LogP contribution is 2.27. The van der Waals surface area contributed by atoms with Gasteiger partial charge in [0.1, 0.15) is 18.0 Å². The van der Waals surface area contributed by atoms with Crippen molar-refractivity contribution in [2.24, 2.45) is 0 Å². The lowest BCUT2D eigenvalue weighted by Gasteiger charge is -2.16. The quantitative estimate of drug-likeness (QED) is 0.486. The summed E-state index contributed by atoms with van der Waals surface area (Å²) in [5.41, 5.74) is 2.70. The first-order valence-corrected chi connectivity index (χ1v) is 11.2. The zero-order chi connectivity index (χ0) is 22.2. The lowest BCUT2D eigenvalue weighted by atomic mass is 10.2. The summed E-state index contributed by atoms with van der Waals surface area (Å²) in [7, 11) is 0. The van der Waals surface area contributed by atoms with Crippen LogP contribution in [0.4, 0.5) is 5.82 Å². The maximum atomic E-state index is 12.8. The highest BCUT2D eigenvalue weighted by atomic mass is 32.1. The number of amides is 1. The summed E-state index contributed by atoms with van der Waals surface area (Å²) in [5.74, 6) is 2.03. The standard InChI is InChI=1S/C20H22N10OS/c1-4-30-18(13-7-21-12(3)22-8-13)26-16-17(23-10-24-19(16)30)25-14-5-6-29(9-14)20(31)15-11(2)32-28-27-15/h7-8,10,14H,4-6,9H2,1-3H3,(H,23,24,25)/t14-/m0/s1. The Balaban J connectivity index is 1.41. The van der Waals surface area contributed by atoms with Gasteiger partial charge < -0.3 is 14.8 Å². The van der Waals surface area contributed by atoms with Crippen LogP contribution in [0.25, 0.3) is 22.6 Å². The van der Waals surface area contributed by atoms with Crippen LogP contribution < -0.4 is 5.32 Å². The van der Waals surface area contributed by atoms with Gasteiger partial charge in [-0.2, -0.15) is 0 Å². The second kappa shape index (κ2) is 8.19. The van der Waals surface area contributed by atoms with Crippen LogP contribution in [0.2, 0.25) is 0 Å². The minimum absolute atomic E-state index is 0.0573. The van der Waals surface area contributed by atoms with Crippen LogP contribution in [0.1, 0.15) is 34.5 Å². The first-order chi connectivity index (χ1) is 15.5. The first kappa shape index (κ1) is 20.4. The summed E-state index contributed by atoms with van der Waals surface area (Å²) in [5, 5.41) is 7.45. The molecule has 0 saturated carbocycles. The van der Waals surface area contributed by atoms with Crippen molar-refractivity contribution >= 4 is 34.4 Å². The Morgan fingerprint density at radius 2 is 2.03 bits per heavy atom. The van der Waals surface area contributed by atoms with Crippen molar-refractivity contribution in [1.29, 1.82) is 0 Å². The van der Waals surface area contributed by atoms with Crippen molar-refractivity contribution in [2.45, 2.75) is 39.8 Å². The molecule has 164 valence electrons. The maximum Gasteiger partial charge on any atom is 0.275 e. The largest absolute Gasteiger partial charge is 0.364 e. The number of hydrogen-bond donors (Lipinski definition) is 1. The van der Waals surface area contributed by atoms with E-state index in [2.05, 4.69) is 34.8 Å². The number of aromatic nitrogens is 8. The maximum absolute atomic E-state index is 12.8. The van der Waals surface area contributed by atoms with Gasteiger partial charge >= 0.3 is 0 Å². The third-order valence-electron chi connectivity index (χ3n) is 5.56. The zero-order valence-corrected chi connectivity index (χ0v) is 18.8. The molecule has 1 atom stereocenters. The predicted molar refractivity (Wildman–Crippen MR) is 119 cm³/mol. The van der Waals surface area contributed by atoms with Gasteiger partial charge in [-0.05, 0) is 38.7 Å². The summed E-state index contributed by atoms with van der Waals surface area (Å²) < 4.78 is 5.90. The number of fused-ring (bicyclic) bond motifs is 1. The van der Waals surface area contributed by atoms with Crippen LogP contribution in [0.15, 0.2) is 18.7 Å². The fourth-order valence-corrected chi connectivity index (χ4v) is 4.36. The third-order valence-corrected chi connectivity index (χ3v) is 6.19. The molecule has 1 N–H and O–H groups in total. The number of aryl methyl sites for hydroxylation is 3. The fraction of sp³-hybridized carbons (Fsp3) is 0.400. The molecular formula is C20H22N10OS. The van der Waals surface area contributed by atoms with Crippen molar-refractivity contribution in [3.05, 3.63) is 35.1 Å². The minimum Gasteiger partial charge on any atom is -0.364 e. The molecule has 4 aromatic rings. The van der Waals surface area contributed by atoms with Crippen LogP contribution in [-0.2, 0) is 6.54 Å². The molecule has 1 aliphatic rings. The SMILES string of the molecule is CCn1c(-c2cnc(C)nc2)nc2c(N[C@H]3CCN(C(=O)c4nnsc4C)C3)ncnc21. The van der Waals surface area contributed by atoms with Crippen LogP contribution in [0.5, 0.6) is 0 Å². The average molecular weight is 451 g/mol. The number of hydrogen-bond acceptors (Lipinski definition) is 10. The summed E-state index contributed by atoms with van der Waals surface area (Å²) >= 11 is 1.24. The van der Waals surface area contributed by atoms with Crippen molar-refractivity contribution in [1.82, 2.24) is 44.0 Å². The molecule has 1 amide bonds. The molecule has 0 unspecified atom stereocenters. The van der Waals surface area contributed by atoms with Gasteiger partial charge in [0.15, 0.2) is 22.7 Å². The van der Waals surface area contributed by atoms with Crippen molar-refractivity contribution < 1.29 is 4.79 Å². The number of carbonyl (C=O) groups excluding carboxylic acids is 1. The number of rotatable bonds is 5. The minimum atomic E-state index is -0.0784. The van der Waals surface area contributed by atoms with Crippen LogP contribution in [0, 0.1) is 13.8 Å². The van der Waals surface area contributed by atoms with Gasteiger partial charge in [0, 0.05) is 38.1 Å². The molecule has 32 heavy (non-hydrogen) atoms. The highest BCUT2D eigenvalue weighted by molar-refractivity contribution is 7.05. The zero-order valence-electron chi connectivity index (χ0n) is 18.0. The average Bonchev–Trinajstić information content (AvgIpc) is 3.52. The molecule has 1 fully saturated rings. The Hall–Kier alpha value is -3.54. The molecule has 12 heteroatoms. The number of imidazole rings is 1. The smallest absolute Gasteiger partial charge is 0.275 e. The van der Waals surface area contributed by atoms with E-state index in [1.807, 2.05) is 25.3 Å². The van der Waals surface area contributed by atoms with Crippen LogP contribution in [0.3, 0.4) is 0 Å². The topological polar surface area (TPSA) is 128 Å². The second-order valence-corrected chi connectivity index (χ2v) is 8.61. The second-order valence-electron chi connectivity index (χ2n) is 7.65. The van der Waals surface area contributed by atoms with E-state index in [1.54, 1.807) is 17.3 Å². The van der Waals surface area contributed by atoms with Gasteiger partial charge in [0.25, 0.3) is 5.91 Å². The molecule has 1 saturated heterocycles. The van der Waals surface area contributed by atoms with E-state index in [-0.39, 0.29) is 11.9 Å². The highest BCUT2D eigenvalue weighted by Gasteiger charge is 2.30. The van der Waals surface area contributed by atoms with Gasteiger partial charge in [-0.25, -0.2) is 24.9 Å². The van der Waals surface area contributed by atoms with Gasteiger partial charge in [-0.3, -0.25) is 4.79 Å². The van der Waals surface area contributed by atoms with Gasteiger partial charge in [-0.15, -0.1) is 5.10 Å². The molecule has 0 aliphatic carbocycles. The molecule has 0 bridgehead atoms. The summed E-state index contributed by atoms with van der Waals surface area (Å²) in [4.78, 5) is 37.7. The van der Waals surface area contributed by atoms with Crippen LogP contribution in [-0.4, -0.2) is 69.0 Å². The fourth-order valence-electron chi connectivity index (χ4n) is 3.91. The van der Waals surface area contributed by atoms with Crippen molar-refractivity contribution in [3.8, 4) is 11.4 Å². The Kier molecular flexibility index (Phi) is 5.21. The van der Waals surface area contributed by atoms with Gasteiger partial charge in [0.2, 0.25) is 0 Å². The van der Waals surface area contributed by atoms with E-state index in [4.69, 9.17) is 4.98 Å². The third kappa shape index (κ3) is 3.55. The molecule has 5 heterocycles. The lowest BCUT2D eigenvalue weighted by Crippen LogP contribution is -2.32. The summed E-state index contributed by atoms with van der Waals surface area (Å²) in [6.07, 6.45) is 5.88. The Morgan fingerprint density at radius 1 is 1.22 bits per heavy atom. The Bertz CT molecular complexity index is 1280. The Morgan fingerprint density at radius 3 is 2.75 bits per heavy atom. The van der Waals surface area contributed by atoms with E-state index >= 15 is 0 Å². The predicted octanol–water partition coefficient (Wildman–Crippen LogP) is 2.10. The first-order valence-electron chi connectivity index (χ1n) is 10.4. The molecule has 4 aromatic heterocycles. The number of nitrogens with zero attached hydrogens (tertiary/aromatic N) is 9. The van der Waals surface area contributed by atoms with Crippen molar-refractivity contribution in [2.75, 3.05) is 18.4 Å². The van der Waals surface area contributed by atoms with Gasteiger partial charge in [-0.1, -0.05) is 4.49 Å².